The molecule has 0 N–H and O–H groups in total. The maximum atomic E-state index is 12.5. The molecule has 0 radical (unpaired) electrons. The fraction of sp³-hybridized carbons (Fsp3) is 0.500. The lowest BCUT2D eigenvalue weighted by Crippen LogP contribution is -2.30. The fourth-order valence-corrected chi connectivity index (χ4v) is 2.73. The van der Waals surface area contributed by atoms with Crippen LogP contribution < -0.4 is 0 Å². The number of nitrogens with zero attached hydrogens (tertiary/aromatic N) is 1. The third-order valence-corrected chi connectivity index (χ3v) is 3.89. The van der Waals surface area contributed by atoms with Crippen LogP contribution in [0, 0.1) is 11.8 Å². The molecular formula is C16H21NO4. The number of benzene rings is 1. The van der Waals surface area contributed by atoms with Crippen LogP contribution in [0.5, 0.6) is 0 Å². The minimum atomic E-state index is -0.245. The van der Waals surface area contributed by atoms with E-state index >= 15 is 0 Å². The zero-order valence-corrected chi connectivity index (χ0v) is 12.7. The van der Waals surface area contributed by atoms with Crippen molar-refractivity contribution < 1.29 is 19.1 Å². The summed E-state index contributed by atoms with van der Waals surface area (Å²) in [7, 11) is 3.01. The number of hydrogen-bond donors (Lipinski definition) is 0. The van der Waals surface area contributed by atoms with Gasteiger partial charge in [0, 0.05) is 25.8 Å². The molecule has 1 amide bonds. The van der Waals surface area contributed by atoms with Gasteiger partial charge < -0.3 is 14.4 Å². The number of likely N-dealkylation sites (tertiary alicyclic amines) is 1. The van der Waals surface area contributed by atoms with E-state index in [1.54, 1.807) is 18.1 Å². The average molecular weight is 291 g/mol. The van der Waals surface area contributed by atoms with E-state index in [0.717, 1.165) is 5.56 Å². The van der Waals surface area contributed by atoms with Gasteiger partial charge in [0.2, 0.25) is 0 Å². The van der Waals surface area contributed by atoms with Crippen molar-refractivity contribution >= 4 is 11.9 Å². The summed E-state index contributed by atoms with van der Waals surface area (Å²) in [6, 6.07) is 7.39. The van der Waals surface area contributed by atoms with Gasteiger partial charge >= 0.3 is 5.97 Å². The van der Waals surface area contributed by atoms with Gasteiger partial charge in [-0.1, -0.05) is 19.1 Å². The summed E-state index contributed by atoms with van der Waals surface area (Å²) in [6.07, 6.45) is 0. The van der Waals surface area contributed by atoms with Crippen molar-refractivity contribution in [3.8, 4) is 0 Å². The predicted molar refractivity (Wildman–Crippen MR) is 77.7 cm³/mol. The molecule has 1 heterocycles. The third kappa shape index (κ3) is 3.42. The Bertz CT molecular complexity index is 529. The number of hydrogen-bond acceptors (Lipinski definition) is 4. The fourth-order valence-electron chi connectivity index (χ4n) is 2.73. The second-order valence-electron chi connectivity index (χ2n) is 5.45. The molecule has 0 aromatic heterocycles. The van der Waals surface area contributed by atoms with Crippen LogP contribution >= 0.6 is 0 Å². The van der Waals surface area contributed by atoms with Gasteiger partial charge in [0.15, 0.2) is 0 Å². The van der Waals surface area contributed by atoms with Crippen LogP contribution in [0.4, 0.5) is 0 Å². The standard InChI is InChI=1S/C16H21NO4/c1-11-8-17(9-14(11)16(19)21-3)15(18)13-6-4-5-12(7-13)10-20-2/h4-7,11,14H,8-10H2,1-3H3. The van der Waals surface area contributed by atoms with E-state index in [1.807, 2.05) is 25.1 Å². The van der Waals surface area contributed by atoms with E-state index in [9.17, 15) is 9.59 Å². The number of ether oxygens (including phenoxy) is 2. The average Bonchev–Trinajstić information content (AvgIpc) is 2.88. The second-order valence-corrected chi connectivity index (χ2v) is 5.45. The molecule has 21 heavy (non-hydrogen) atoms. The highest BCUT2D eigenvalue weighted by molar-refractivity contribution is 5.95. The number of methoxy groups -OCH3 is 2. The van der Waals surface area contributed by atoms with Crippen molar-refractivity contribution in [3.63, 3.8) is 0 Å². The first-order valence-corrected chi connectivity index (χ1v) is 7.01. The summed E-state index contributed by atoms with van der Waals surface area (Å²) in [5.74, 6) is -0.415. The first kappa shape index (κ1) is 15.5. The highest BCUT2D eigenvalue weighted by Crippen LogP contribution is 2.25. The zero-order valence-electron chi connectivity index (χ0n) is 12.7. The van der Waals surface area contributed by atoms with Crippen molar-refractivity contribution in [3.05, 3.63) is 35.4 Å². The molecule has 0 spiro atoms. The summed E-state index contributed by atoms with van der Waals surface area (Å²) in [5.41, 5.74) is 1.59. The highest BCUT2D eigenvalue weighted by Gasteiger charge is 2.37. The van der Waals surface area contributed by atoms with Crippen molar-refractivity contribution in [2.75, 3.05) is 27.3 Å². The number of amides is 1. The predicted octanol–water partition coefficient (Wildman–Crippen LogP) is 1.71. The Kier molecular flexibility index (Phi) is 4.96. The Hall–Kier alpha value is -1.88. The molecule has 1 aliphatic rings. The smallest absolute Gasteiger partial charge is 0.310 e. The van der Waals surface area contributed by atoms with Crippen LogP contribution in [-0.4, -0.2) is 44.1 Å². The minimum Gasteiger partial charge on any atom is -0.469 e. The van der Waals surface area contributed by atoms with Crippen LogP contribution in [0.15, 0.2) is 24.3 Å². The van der Waals surface area contributed by atoms with Gasteiger partial charge in [0.25, 0.3) is 5.91 Å². The number of esters is 1. The maximum Gasteiger partial charge on any atom is 0.310 e. The van der Waals surface area contributed by atoms with E-state index in [2.05, 4.69) is 0 Å². The molecule has 2 rings (SSSR count). The van der Waals surface area contributed by atoms with Gasteiger partial charge in [-0.3, -0.25) is 9.59 Å². The Morgan fingerprint density at radius 3 is 2.71 bits per heavy atom. The Balaban J connectivity index is 2.10. The van der Waals surface area contributed by atoms with Gasteiger partial charge in [-0.15, -0.1) is 0 Å². The molecule has 0 aliphatic carbocycles. The normalized spacial score (nSPS) is 21.4. The summed E-state index contributed by atoms with van der Waals surface area (Å²) in [5, 5.41) is 0. The maximum absolute atomic E-state index is 12.5. The number of carbonyl (C=O) groups excluding carboxylic acids is 2. The minimum absolute atomic E-state index is 0.0498. The van der Waals surface area contributed by atoms with E-state index in [0.29, 0.717) is 25.3 Å². The first-order valence-electron chi connectivity index (χ1n) is 7.01. The molecule has 1 aromatic carbocycles. The van der Waals surface area contributed by atoms with E-state index in [-0.39, 0.29) is 23.7 Å². The zero-order chi connectivity index (χ0) is 15.4. The van der Waals surface area contributed by atoms with Crippen LogP contribution in [0.2, 0.25) is 0 Å². The molecule has 1 aliphatic heterocycles. The molecule has 0 saturated carbocycles. The Labute approximate surface area is 124 Å². The van der Waals surface area contributed by atoms with E-state index < -0.39 is 0 Å². The second kappa shape index (κ2) is 6.72. The largest absolute Gasteiger partial charge is 0.469 e. The number of rotatable bonds is 4. The van der Waals surface area contributed by atoms with Gasteiger partial charge in [0.1, 0.15) is 0 Å². The quantitative estimate of drug-likeness (QED) is 0.793. The lowest BCUT2D eigenvalue weighted by molar-refractivity contribution is -0.146. The molecular weight excluding hydrogens is 270 g/mol. The highest BCUT2D eigenvalue weighted by atomic mass is 16.5. The van der Waals surface area contributed by atoms with Gasteiger partial charge in [0.05, 0.1) is 19.6 Å². The Morgan fingerprint density at radius 1 is 1.29 bits per heavy atom. The van der Waals surface area contributed by atoms with Gasteiger partial charge in [-0.05, 0) is 23.6 Å². The lowest BCUT2D eigenvalue weighted by Gasteiger charge is -2.16. The molecule has 1 saturated heterocycles. The first-order chi connectivity index (χ1) is 10.1. The Morgan fingerprint density at radius 2 is 2.05 bits per heavy atom. The van der Waals surface area contributed by atoms with Crippen molar-refractivity contribution in [1.82, 2.24) is 4.90 Å². The van der Waals surface area contributed by atoms with E-state index in [1.165, 1.54) is 7.11 Å². The van der Waals surface area contributed by atoms with Gasteiger partial charge in [-0.2, -0.15) is 0 Å². The molecule has 114 valence electrons. The molecule has 5 nitrogen and oxygen atoms in total. The summed E-state index contributed by atoms with van der Waals surface area (Å²) < 4.78 is 9.88. The van der Waals surface area contributed by atoms with Crippen LogP contribution in [0.25, 0.3) is 0 Å². The summed E-state index contributed by atoms with van der Waals surface area (Å²) in [6.45, 7) is 3.44. The molecule has 0 bridgehead atoms. The summed E-state index contributed by atoms with van der Waals surface area (Å²) >= 11 is 0. The van der Waals surface area contributed by atoms with Crippen molar-refractivity contribution in [2.45, 2.75) is 13.5 Å². The molecule has 2 atom stereocenters. The summed E-state index contributed by atoms with van der Waals surface area (Å²) in [4.78, 5) is 26.0. The van der Waals surface area contributed by atoms with Crippen molar-refractivity contribution in [1.29, 1.82) is 0 Å². The molecule has 2 unspecified atom stereocenters. The molecule has 1 fully saturated rings. The number of carbonyl (C=O) groups is 2. The van der Waals surface area contributed by atoms with E-state index in [4.69, 9.17) is 9.47 Å². The van der Waals surface area contributed by atoms with Crippen LogP contribution in [0.1, 0.15) is 22.8 Å². The topological polar surface area (TPSA) is 55.8 Å². The van der Waals surface area contributed by atoms with Crippen molar-refractivity contribution in [2.24, 2.45) is 11.8 Å². The van der Waals surface area contributed by atoms with Crippen LogP contribution in [0.3, 0.4) is 0 Å². The molecule has 5 heteroatoms. The molecule has 1 aromatic rings. The SMILES string of the molecule is COCc1cccc(C(=O)N2CC(C)C(C(=O)OC)C2)c1. The monoisotopic (exact) mass is 291 g/mol. The lowest BCUT2D eigenvalue weighted by atomic mass is 9.99. The van der Waals surface area contributed by atoms with Gasteiger partial charge in [-0.25, -0.2) is 0 Å². The van der Waals surface area contributed by atoms with Crippen LogP contribution in [-0.2, 0) is 20.9 Å². The third-order valence-electron chi connectivity index (χ3n) is 3.89.